The highest BCUT2D eigenvalue weighted by molar-refractivity contribution is 6.28. The number of halogens is 1. The molecule has 1 atom stereocenters. The van der Waals surface area contributed by atoms with E-state index in [-0.39, 0.29) is 11.4 Å². The fraction of sp³-hybridized carbons (Fsp3) is 0.769. The minimum atomic E-state index is 0.232. The van der Waals surface area contributed by atoms with Gasteiger partial charge in [0.05, 0.1) is 6.10 Å². The van der Waals surface area contributed by atoms with Crippen LogP contribution in [-0.4, -0.2) is 54.3 Å². The molecule has 2 heterocycles. The molecule has 0 spiro atoms. The van der Waals surface area contributed by atoms with Crippen molar-refractivity contribution < 1.29 is 4.74 Å². The quantitative estimate of drug-likeness (QED) is 0.801. The van der Waals surface area contributed by atoms with Crippen molar-refractivity contribution >= 4 is 23.5 Å². The van der Waals surface area contributed by atoms with Gasteiger partial charge in [0.2, 0.25) is 17.2 Å². The molecule has 1 saturated heterocycles. The van der Waals surface area contributed by atoms with Crippen LogP contribution in [0, 0.1) is 0 Å². The predicted molar refractivity (Wildman–Crippen MR) is 80.6 cm³/mol. The molecular weight excluding hydrogens is 278 g/mol. The van der Waals surface area contributed by atoms with Gasteiger partial charge in [-0.15, -0.1) is 0 Å². The summed E-state index contributed by atoms with van der Waals surface area (Å²) >= 11 is 6.02. The van der Waals surface area contributed by atoms with E-state index in [1.54, 1.807) is 0 Å². The molecule has 0 aromatic carbocycles. The first-order chi connectivity index (χ1) is 9.63. The Bertz CT molecular complexity index is 435. The Labute approximate surface area is 125 Å². The van der Waals surface area contributed by atoms with Gasteiger partial charge in [-0.3, -0.25) is 0 Å². The second kappa shape index (κ2) is 7.04. The third kappa shape index (κ3) is 3.70. The molecule has 0 N–H and O–H groups in total. The first kappa shape index (κ1) is 15.3. The van der Waals surface area contributed by atoms with E-state index in [2.05, 4.69) is 33.7 Å². The lowest BCUT2D eigenvalue weighted by Gasteiger charge is -2.23. The average Bonchev–Trinajstić information content (AvgIpc) is 2.92. The molecular formula is C13H22ClN5O. The highest BCUT2D eigenvalue weighted by atomic mass is 35.5. The first-order valence-electron chi connectivity index (χ1n) is 7.13. The molecule has 1 fully saturated rings. The summed E-state index contributed by atoms with van der Waals surface area (Å²) in [4.78, 5) is 17.0. The summed E-state index contributed by atoms with van der Waals surface area (Å²) in [6.45, 7) is 7.44. The first-order valence-corrected chi connectivity index (χ1v) is 7.51. The minimum Gasteiger partial charge on any atom is -0.376 e. The molecule has 0 radical (unpaired) electrons. The van der Waals surface area contributed by atoms with E-state index in [1.807, 2.05) is 11.9 Å². The SMILES string of the molecule is CCN(CC)c1nc(Cl)nc(N(C)CC2CCCO2)n1. The molecule has 6 nitrogen and oxygen atoms in total. The molecule has 1 aliphatic heterocycles. The fourth-order valence-electron chi connectivity index (χ4n) is 2.32. The summed E-state index contributed by atoms with van der Waals surface area (Å²) in [7, 11) is 1.96. The monoisotopic (exact) mass is 299 g/mol. The van der Waals surface area contributed by atoms with Gasteiger partial charge in [-0.25, -0.2) is 0 Å². The summed E-state index contributed by atoms with van der Waals surface area (Å²) in [5, 5.41) is 0.232. The third-order valence-electron chi connectivity index (χ3n) is 3.47. The molecule has 1 aliphatic rings. The number of ether oxygens (including phenoxy) is 1. The Kier molecular flexibility index (Phi) is 5.37. The molecule has 1 aromatic heterocycles. The Morgan fingerprint density at radius 2 is 1.90 bits per heavy atom. The van der Waals surface area contributed by atoms with Crippen LogP contribution in [0.25, 0.3) is 0 Å². The van der Waals surface area contributed by atoms with Gasteiger partial charge >= 0.3 is 0 Å². The van der Waals surface area contributed by atoms with Crippen LogP contribution in [0.5, 0.6) is 0 Å². The highest BCUT2D eigenvalue weighted by Crippen LogP contribution is 2.18. The van der Waals surface area contributed by atoms with E-state index in [0.29, 0.717) is 11.9 Å². The van der Waals surface area contributed by atoms with Crippen molar-refractivity contribution in [3.8, 4) is 0 Å². The summed E-state index contributed by atoms with van der Waals surface area (Å²) in [6, 6.07) is 0. The van der Waals surface area contributed by atoms with Crippen molar-refractivity contribution in [2.45, 2.75) is 32.8 Å². The fourth-order valence-corrected chi connectivity index (χ4v) is 2.47. The van der Waals surface area contributed by atoms with Gasteiger partial charge in [0.25, 0.3) is 0 Å². The van der Waals surface area contributed by atoms with Gasteiger partial charge in [0, 0.05) is 33.3 Å². The van der Waals surface area contributed by atoms with Crippen LogP contribution in [0.1, 0.15) is 26.7 Å². The number of rotatable bonds is 6. The number of anilines is 2. The smallest absolute Gasteiger partial charge is 0.231 e. The van der Waals surface area contributed by atoms with Crippen LogP contribution >= 0.6 is 11.6 Å². The van der Waals surface area contributed by atoms with Crippen LogP contribution in [0.2, 0.25) is 5.28 Å². The van der Waals surface area contributed by atoms with Crippen LogP contribution in [0.3, 0.4) is 0 Å². The van der Waals surface area contributed by atoms with Crippen molar-refractivity contribution in [1.82, 2.24) is 15.0 Å². The zero-order chi connectivity index (χ0) is 14.5. The maximum atomic E-state index is 6.02. The molecule has 112 valence electrons. The lowest BCUT2D eigenvalue weighted by atomic mass is 10.2. The zero-order valence-electron chi connectivity index (χ0n) is 12.3. The lowest BCUT2D eigenvalue weighted by molar-refractivity contribution is 0.116. The molecule has 20 heavy (non-hydrogen) atoms. The van der Waals surface area contributed by atoms with Crippen molar-refractivity contribution in [2.24, 2.45) is 0 Å². The minimum absolute atomic E-state index is 0.232. The van der Waals surface area contributed by atoms with Crippen molar-refractivity contribution in [2.75, 3.05) is 43.1 Å². The zero-order valence-corrected chi connectivity index (χ0v) is 13.1. The Balaban J connectivity index is 2.13. The standard InChI is InChI=1S/C13H22ClN5O/c1-4-19(5-2)13-16-11(14)15-12(17-13)18(3)9-10-7-6-8-20-10/h10H,4-9H2,1-3H3. The lowest BCUT2D eigenvalue weighted by Crippen LogP contribution is -2.31. The number of aromatic nitrogens is 3. The molecule has 0 bridgehead atoms. The van der Waals surface area contributed by atoms with Crippen LogP contribution in [0.15, 0.2) is 0 Å². The van der Waals surface area contributed by atoms with E-state index in [0.717, 1.165) is 39.1 Å². The maximum absolute atomic E-state index is 6.02. The van der Waals surface area contributed by atoms with Crippen LogP contribution < -0.4 is 9.80 Å². The van der Waals surface area contributed by atoms with E-state index in [9.17, 15) is 0 Å². The number of hydrogen-bond acceptors (Lipinski definition) is 6. The molecule has 0 saturated carbocycles. The Morgan fingerprint density at radius 1 is 1.20 bits per heavy atom. The molecule has 1 aromatic rings. The van der Waals surface area contributed by atoms with Gasteiger partial charge in [0.1, 0.15) is 0 Å². The largest absolute Gasteiger partial charge is 0.376 e. The summed E-state index contributed by atoms with van der Waals surface area (Å²) in [5.74, 6) is 1.23. The summed E-state index contributed by atoms with van der Waals surface area (Å²) in [5.41, 5.74) is 0. The second-order valence-corrected chi connectivity index (χ2v) is 5.23. The molecule has 2 rings (SSSR count). The van der Waals surface area contributed by atoms with Crippen molar-refractivity contribution in [3.63, 3.8) is 0 Å². The topological polar surface area (TPSA) is 54.4 Å². The normalized spacial score (nSPS) is 18.3. The van der Waals surface area contributed by atoms with Crippen molar-refractivity contribution in [3.05, 3.63) is 5.28 Å². The van der Waals surface area contributed by atoms with Gasteiger partial charge < -0.3 is 14.5 Å². The summed E-state index contributed by atoms with van der Waals surface area (Å²) < 4.78 is 5.64. The van der Waals surface area contributed by atoms with Crippen molar-refractivity contribution in [1.29, 1.82) is 0 Å². The average molecular weight is 300 g/mol. The molecule has 0 amide bonds. The third-order valence-corrected chi connectivity index (χ3v) is 3.64. The van der Waals surface area contributed by atoms with E-state index in [1.165, 1.54) is 0 Å². The number of hydrogen-bond donors (Lipinski definition) is 0. The summed E-state index contributed by atoms with van der Waals surface area (Å²) in [6.07, 6.45) is 2.47. The molecule has 0 aliphatic carbocycles. The predicted octanol–water partition coefficient (Wildman–Crippen LogP) is 1.99. The number of nitrogens with zero attached hydrogens (tertiary/aromatic N) is 5. The highest BCUT2D eigenvalue weighted by Gasteiger charge is 2.20. The van der Waals surface area contributed by atoms with Gasteiger partial charge in [-0.2, -0.15) is 15.0 Å². The van der Waals surface area contributed by atoms with Gasteiger partial charge in [-0.05, 0) is 38.3 Å². The number of likely N-dealkylation sites (N-methyl/N-ethyl adjacent to an activating group) is 1. The Hall–Kier alpha value is -1.14. The second-order valence-electron chi connectivity index (χ2n) is 4.89. The van der Waals surface area contributed by atoms with E-state index in [4.69, 9.17) is 16.3 Å². The Morgan fingerprint density at radius 3 is 2.50 bits per heavy atom. The van der Waals surface area contributed by atoms with Gasteiger partial charge in [0.15, 0.2) is 0 Å². The van der Waals surface area contributed by atoms with E-state index < -0.39 is 0 Å². The van der Waals surface area contributed by atoms with Gasteiger partial charge in [-0.1, -0.05) is 0 Å². The molecule has 7 heteroatoms. The molecule has 1 unspecified atom stereocenters. The maximum Gasteiger partial charge on any atom is 0.231 e. The van der Waals surface area contributed by atoms with Crippen LogP contribution in [-0.2, 0) is 4.74 Å². The van der Waals surface area contributed by atoms with Crippen LogP contribution in [0.4, 0.5) is 11.9 Å². The van der Waals surface area contributed by atoms with E-state index >= 15 is 0 Å².